The maximum Gasteiger partial charge on any atom is 0.212 e. The number of aromatic nitrogens is 3. The predicted octanol–water partition coefficient (Wildman–Crippen LogP) is 5.91. The Bertz CT molecular complexity index is 1150. The van der Waals surface area contributed by atoms with Gasteiger partial charge in [0.1, 0.15) is 5.82 Å². The first kappa shape index (κ1) is 24.5. The number of hydrogen-bond acceptors (Lipinski definition) is 6. The summed E-state index contributed by atoms with van der Waals surface area (Å²) in [6.45, 7) is 6.40. The van der Waals surface area contributed by atoms with Crippen LogP contribution in [0.4, 0.5) is 15.9 Å². The molecule has 6 nitrogen and oxygen atoms in total. The van der Waals surface area contributed by atoms with Gasteiger partial charge in [-0.1, -0.05) is 32.8 Å². The van der Waals surface area contributed by atoms with Crippen LogP contribution in [-0.4, -0.2) is 47.5 Å². The van der Waals surface area contributed by atoms with Gasteiger partial charge in [-0.25, -0.2) is 9.37 Å². The van der Waals surface area contributed by atoms with Crippen LogP contribution in [0.2, 0.25) is 0 Å². The van der Waals surface area contributed by atoms with Crippen molar-refractivity contribution in [3.05, 3.63) is 60.0 Å². The molecule has 0 bridgehead atoms. The molecule has 2 aliphatic rings. The topological polar surface area (TPSA) is 54.4 Å². The van der Waals surface area contributed by atoms with Crippen LogP contribution in [0.1, 0.15) is 51.5 Å². The fourth-order valence-electron chi connectivity index (χ4n) is 6.03. The molecule has 2 aliphatic heterocycles. The summed E-state index contributed by atoms with van der Waals surface area (Å²) in [6.07, 6.45) is 8.41. The van der Waals surface area contributed by atoms with E-state index >= 15 is 0 Å². The average molecular weight is 490 g/mol. The summed E-state index contributed by atoms with van der Waals surface area (Å²) >= 11 is 0. The highest BCUT2D eigenvalue weighted by Crippen LogP contribution is 2.41. The lowest BCUT2D eigenvalue weighted by molar-refractivity contribution is 0.330. The second kappa shape index (κ2) is 10.8. The quantitative estimate of drug-likeness (QED) is 0.392. The highest BCUT2D eigenvalue weighted by atomic mass is 19.1. The molecule has 2 atom stereocenters. The Balaban J connectivity index is 1.29. The predicted molar refractivity (Wildman–Crippen MR) is 142 cm³/mol. The van der Waals surface area contributed by atoms with E-state index in [-0.39, 0.29) is 5.82 Å². The van der Waals surface area contributed by atoms with Crippen LogP contribution in [0.3, 0.4) is 0 Å². The normalized spacial score (nSPS) is 18.8. The Hall–Kier alpha value is -3.22. The summed E-state index contributed by atoms with van der Waals surface area (Å²) < 4.78 is 19.4. The van der Waals surface area contributed by atoms with Crippen LogP contribution in [0.5, 0.6) is 5.88 Å². The molecule has 3 aromatic rings. The number of nitrogens with zero attached hydrogens (tertiary/aromatic N) is 5. The van der Waals surface area contributed by atoms with Crippen LogP contribution >= 0.6 is 0 Å². The Morgan fingerprint density at radius 2 is 1.89 bits per heavy atom. The zero-order valence-corrected chi connectivity index (χ0v) is 21.5. The molecule has 0 saturated carbocycles. The van der Waals surface area contributed by atoms with E-state index in [0.717, 1.165) is 61.5 Å². The Morgan fingerprint density at radius 3 is 2.53 bits per heavy atom. The number of fused-ring (bicyclic) bond motifs is 1. The number of piperidine rings is 1. The third kappa shape index (κ3) is 4.88. The fourth-order valence-corrected chi connectivity index (χ4v) is 6.03. The van der Waals surface area contributed by atoms with Crippen molar-refractivity contribution in [1.82, 2.24) is 15.2 Å². The Kier molecular flexibility index (Phi) is 7.35. The van der Waals surface area contributed by atoms with Crippen LogP contribution in [0.25, 0.3) is 11.3 Å². The van der Waals surface area contributed by atoms with Gasteiger partial charge in [0.15, 0.2) is 5.82 Å². The van der Waals surface area contributed by atoms with Gasteiger partial charge < -0.3 is 14.5 Å². The van der Waals surface area contributed by atoms with E-state index in [1.54, 1.807) is 25.4 Å². The minimum Gasteiger partial charge on any atom is -0.481 e. The summed E-state index contributed by atoms with van der Waals surface area (Å²) in [7, 11) is 1.61. The van der Waals surface area contributed by atoms with Gasteiger partial charge in [-0.3, -0.25) is 0 Å². The number of anilines is 2. The van der Waals surface area contributed by atoms with Gasteiger partial charge in [-0.2, -0.15) is 0 Å². The molecule has 7 heteroatoms. The highest BCUT2D eigenvalue weighted by molar-refractivity contribution is 5.61. The van der Waals surface area contributed by atoms with Gasteiger partial charge in [-0.05, 0) is 67.5 Å². The summed E-state index contributed by atoms with van der Waals surface area (Å²) in [5.74, 6) is 1.98. The Morgan fingerprint density at radius 1 is 1.06 bits per heavy atom. The number of benzene rings is 1. The van der Waals surface area contributed by atoms with E-state index in [9.17, 15) is 4.39 Å². The number of ether oxygens (including phenoxy) is 1. The van der Waals surface area contributed by atoms with E-state index in [2.05, 4.69) is 38.8 Å². The third-order valence-electron chi connectivity index (χ3n) is 7.91. The number of pyridine rings is 1. The lowest BCUT2D eigenvalue weighted by atomic mass is 9.88. The summed E-state index contributed by atoms with van der Waals surface area (Å²) in [6, 6.07) is 14.1. The molecule has 0 radical (unpaired) electrons. The summed E-state index contributed by atoms with van der Waals surface area (Å²) in [4.78, 5) is 9.17. The van der Waals surface area contributed by atoms with Gasteiger partial charge >= 0.3 is 0 Å². The third-order valence-corrected chi connectivity index (χ3v) is 7.91. The van der Waals surface area contributed by atoms with Crippen molar-refractivity contribution in [3.63, 3.8) is 0 Å². The molecule has 1 fully saturated rings. The second-order valence-corrected chi connectivity index (χ2v) is 9.99. The van der Waals surface area contributed by atoms with Crippen LogP contribution in [-0.2, 0) is 6.42 Å². The van der Waals surface area contributed by atoms with Crippen LogP contribution in [0.15, 0.2) is 48.7 Å². The first-order valence-electron chi connectivity index (χ1n) is 13.3. The molecular formula is C29H36FN5O. The SMILES string of the molecule is CCCC(CC)C1Cc2ccc(F)cc2N1C1CCN(c2ccc(-c3ccc(OC)nc3)nn2)CC1. The van der Waals surface area contributed by atoms with Crippen LogP contribution < -0.4 is 14.5 Å². The van der Waals surface area contributed by atoms with Crippen molar-refractivity contribution >= 4 is 11.5 Å². The number of hydrogen-bond donors (Lipinski definition) is 0. The van der Waals surface area contributed by atoms with Gasteiger partial charge in [-0.15, -0.1) is 10.2 Å². The molecule has 1 saturated heterocycles. The summed E-state index contributed by atoms with van der Waals surface area (Å²) in [5, 5.41) is 8.98. The highest BCUT2D eigenvalue weighted by Gasteiger charge is 2.39. The van der Waals surface area contributed by atoms with E-state index in [4.69, 9.17) is 4.74 Å². The van der Waals surface area contributed by atoms with E-state index in [0.29, 0.717) is 23.9 Å². The van der Waals surface area contributed by atoms with Crippen molar-refractivity contribution in [1.29, 1.82) is 0 Å². The number of rotatable bonds is 8. The first-order valence-corrected chi connectivity index (χ1v) is 13.3. The number of halogens is 1. The molecule has 5 rings (SSSR count). The number of methoxy groups -OCH3 is 1. The standard InChI is InChI=1S/C29H36FN5O/c1-4-6-20(5-2)26-17-21-7-9-23(30)18-27(21)35(26)24-13-15-34(16-14-24)28-11-10-25(32-33-28)22-8-12-29(36-3)31-19-22/h7-12,18-20,24,26H,4-6,13-17H2,1-3H3. The fraction of sp³-hybridized carbons (Fsp3) is 0.483. The van der Waals surface area contributed by atoms with Gasteiger partial charge in [0.05, 0.1) is 12.8 Å². The molecule has 0 N–H and O–H groups in total. The zero-order valence-electron chi connectivity index (χ0n) is 21.5. The molecule has 4 heterocycles. The van der Waals surface area contributed by atoms with Crippen molar-refractivity contribution in [2.24, 2.45) is 5.92 Å². The maximum absolute atomic E-state index is 14.3. The minimum atomic E-state index is -0.136. The zero-order chi connectivity index (χ0) is 25.1. The molecule has 0 aliphatic carbocycles. The van der Waals surface area contributed by atoms with Crippen molar-refractivity contribution < 1.29 is 9.13 Å². The van der Waals surface area contributed by atoms with Gasteiger partial charge in [0.2, 0.25) is 5.88 Å². The first-order chi connectivity index (χ1) is 17.6. The average Bonchev–Trinajstić information content (AvgIpc) is 3.30. The van der Waals surface area contributed by atoms with Gasteiger partial charge in [0.25, 0.3) is 0 Å². The monoisotopic (exact) mass is 489 g/mol. The van der Waals surface area contributed by atoms with Crippen molar-refractivity contribution in [3.8, 4) is 17.1 Å². The van der Waals surface area contributed by atoms with Crippen molar-refractivity contribution in [2.45, 2.75) is 64.5 Å². The molecule has 2 unspecified atom stereocenters. The smallest absolute Gasteiger partial charge is 0.212 e. The molecule has 2 aromatic heterocycles. The van der Waals surface area contributed by atoms with E-state index in [1.165, 1.54) is 18.4 Å². The van der Waals surface area contributed by atoms with Crippen molar-refractivity contribution in [2.75, 3.05) is 30.0 Å². The van der Waals surface area contributed by atoms with Gasteiger partial charge in [0, 0.05) is 48.7 Å². The molecular weight excluding hydrogens is 453 g/mol. The van der Waals surface area contributed by atoms with E-state index in [1.807, 2.05) is 30.3 Å². The lowest BCUT2D eigenvalue weighted by Gasteiger charge is -2.43. The molecule has 1 aromatic carbocycles. The molecule has 0 amide bonds. The largest absolute Gasteiger partial charge is 0.481 e. The molecule has 190 valence electrons. The second-order valence-electron chi connectivity index (χ2n) is 9.99. The summed E-state index contributed by atoms with van der Waals surface area (Å²) in [5.41, 5.74) is 4.12. The maximum atomic E-state index is 14.3. The molecule has 0 spiro atoms. The lowest BCUT2D eigenvalue weighted by Crippen LogP contribution is -2.50. The Labute approximate surface area is 213 Å². The minimum absolute atomic E-state index is 0.136. The van der Waals surface area contributed by atoms with Crippen LogP contribution in [0, 0.1) is 11.7 Å². The molecule has 36 heavy (non-hydrogen) atoms. The van der Waals surface area contributed by atoms with E-state index < -0.39 is 0 Å².